The Kier molecular flexibility index (Phi) is 1.67. The van der Waals surface area contributed by atoms with Crippen LogP contribution in [-0.4, -0.2) is 9.38 Å². The van der Waals surface area contributed by atoms with E-state index < -0.39 is 11.9 Å². The summed E-state index contributed by atoms with van der Waals surface area (Å²) < 4.78 is 37.9. The summed E-state index contributed by atoms with van der Waals surface area (Å²) in [5.41, 5.74) is 4.73. The Labute approximate surface area is 77.0 Å². The number of anilines is 1. The van der Waals surface area contributed by atoms with Gasteiger partial charge in [-0.3, -0.25) is 4.40 Å². The highest BCUT2D eigenvalue weighted by Crippen LogP contribution is 2.28. The molecule has 6 heteroatoms. The SMILES string of the molecule is Nc1cccc2nc(C(F)(F)F)cn12. The Morgan fingerprint density at radius 1 is 1.29 bits per heavy atom. The number of imidazole rings is 1. The Morgan fingerprint density at radius 3 is 2.57 bits per heavy atom. The van der Waals surface area contributed by atoms with Gasteiger partial charge in [0, 0.05) is 6.20 Å². The molecule has 0 saturated carbocycles. The molecule has 2 heterocycles. The van der Waals surface area contributed by atoms with Crippen LogP contribution in [-0.2, 0) is 6.18 Å². The molecule has 3 nitrogen and oxygen atoms in total. The predicted octanol–water partition coefficient (Wildman–Crippen LogP) is 1.94. The van der Waals surface area contributed by atoms with Crippen molar-refractivity contribution < 1.29 is 13.2 Å². The second-order valence-corrected chi connectivity index (χ2v) is 2.80. The molecular formula is C8H6F3N3. The number of hydrogen-bond donors (Lipinski definition) is 1. The third-order valence-corrected chi connectivity index (χ3v) is 1.81. The van der Waals surface area contributed by atoms with E-state index in [0.717, 1.165) is 6.20 Å². The summed E-state index contributed by atoms with van der Waals surface area (Å²) in [5.74, 6) is 0.227. The maximum atomic E-state index is 12.2. The zero-order valence-corrected chi connectivity index (χ0v) is 6.92. The van der Waals surface area contributed by atoms with Crippen LogP contribution in [0.3, 0.4) is 0 Å². The summed E-state index contributed by atoms with van der Waals surface area (Å²) in [4.78, 5) is 3.40. The summed E-state index contributed by atoms with van der Waals surface area (Å²) >= 11 is 0. The minimum atomic E-state index is -4.43. The number of alkyl halides is 3. The predicted molar refractivity (Wildman–Crippen MR) is 44.6 cm³/mol. The zero-order chi connectivity index (χ0) is 10.3. The molecule has 74 valence electrons. The molecule has 2 aromatic rings. The maximum absolute atomic E-state index is 12.2. The standard InChI is InChI=1S/C8H6F3N3/c9-8(10,11)5-4-14-6(12)2-1-3-7(14)13-5/h1-4H,12H2. The topological polar surface area (TPSA) is 43.3 Å². The minimum absolute atomic E-state index is 0.192. The van der Waals surface area contributed by atoms with Crippen molar-refractivity contribution >= 4 is 11.5 Å². The molecule has 0 aliphatic carbocycles. The number of aromatic nitrogens is 2. The number of rotatable bonds is 0. The van der Waals surface area contributed by atoms with E-state index in [0.29, 0.717) is 0 Å². The van der Waals surface area contributed by atoms with Gasteiger partial charge in [0.05, 0.1) is 0 Å². The minimum Gasteiger partial charge on any atom is -0.385 e. The third kappa shape index (κ3) is 1.28. The molecule has 14 heavy (non-hydrogen) atoms. The van der Waals surface area contributed by atoms with Gasteiger partial charge in [0.2, 0.25) is 0 Å². The molecule has 0 aromatic carbocycles. The lowest BCUT2D eigenvalue weighted by Gasteiger charge is -1.98. The third-order valence-electron chi connectivity index (χ3n) is 1.81. The van der Waals surface area contributed by atoms with E-state index in [9.17, 15) is 13.2 Å². The molecule has 0 unspecified atom stereocenters. The summed E-state index contributed by atoms with van der Waals surface area (Å²) in [6.07, 6.45) is -3.55. The Balaban J connectivity index is 2.69. The average Bonchev–Trinajstić information content (AvgIpc) is 2.48. The molecule has 0 bridgehead atoms. The van der Waals surface area contributed by atoms with Gasteiger partial charge in [-0.25, -0.2) is 4.98 Å². The zero-order valence-electron chi connectivity index (χ0n) is 6.92. The Bertz CT molecular complexity index is 472. The number of hydrogen-bond acceptors (Lipinski definition) is 2. The van der Waals surface area contributed by atoms with Gasteiger partial charge in [-0.15, -0.1) is 0 Å². The van der Waals surface area contributed by atoms with E-state index >= 15 is 0 Å². The fourth-order valence-electron chi connectivity index (χ4n) is 1.17. The average molecular weight is 201 g/mol. The van der Waals surface area contributed by atoms with Gasteiger partial charge in [0.1, 0.15) is 11.5 Å². The Hall–Kier alpha value is -1.72. The molecule has 0 aliphatic heterocycles. The van der Waals surface area contributed by atoms with E-state index in [2.05, 4.69) is 4.98 Å². The van der Waals surface area contributed by atoms with Crippen molar-refractivity contribution in [1.82, 2.24) is 9.38 Å². The maximum Gasteiger partial charge on any atom is 0.434 e. The van der Waals surface area contributed by atoms with Gasteiger partial charge >= 0.3 is 6.18 Å². The number of halogens is 3. The van der Waals surface area contributed by atoms with Crippen LogP contribution in [0.1, 0.15) is 5.69 Å². The van der Waals surface area contributed by atoms with Crippen LogP contribution in [0.5, 0.6) is 0 Å². The first-order valence-electron chi connectivity index (χ1n) is 3.79. The quantitative estimate of drug-likeness (QED) is 0.707. The molecular weight excluding hydrogens is 195 g/mol. The first-order chi connectivity index (χ1) is 6.48. The fraction of sp³-hybridized carbons (Fsp3) is 0.125. The number of nitrogen functional groups attached to an aromatic ring is 1. The van der Waals surface area contributed by atoms with Crippen LogP contribution >= 0.6 is 0 Å². The summed E-state index contributed by atoms with van der Waals surface area (Å²) in [6, 6.07) is 4.53. The summed E-state index contributed by atoms with van der Waals surface area (Å²) in [6.45, 7) is 0. The largest absolute Gasteiger partial charge is 0.434 e. The molecule has 0 radical (unpaired) electrons. The highest BCUT2D eigenvalue weighted by atomic mass is 19.4. The number of pyridine rings is 1. The van der Waals surface area contributed by atoms with Crippen molar-refractivity contribution in [3.05, 3.63) is 30.1 Å². The lowest BCUT2D eigenvalue weighted by molar-refractivity contribution is -0.140. The van der Waals surface area contributed by atoms with Gasteiger partial charge in [0.25, 0.3) is 0 Å². The number of nitrogens with zero attached hydrogens (tertiary/aromatic N) is 2. The molecule has 0 spiro atoms. The van der Waals surface area contributed by atoms with Crippen LogP contribution in [0.4, 0.5) is 19.0 Å². The molecule has 0 atom stereocenters. The number of fused-ring (bicyclic) bond motifs is 1. The van der Waals surface area contributed by atoms with Gasteiger partial charge in [-0.1, -0.05) is 6.07 Å². The van der Waals surface area contributed by atoms with Crippen LogP contribution < -0.4 is 5.73 Å². The van der Waals surface area contributed by atoms with Gasteiger partial charge < -0.3 is 5.73 Å². The van der Waals surface area contributed by atoms with Crippen LogP contribution in [0.2, 0.25) is 0 Å². The van der Waals surface area contributed by atoms with Gasteiger partial charge in [-0.2, -0.15) is 13.2 Å². The molecule has 2 rings (SSSR count). The molecule has 0 fully saturated rings. The van der Waals surface area contributed by atoms with E-state index in [1.807, 2.05) is 0 Å². The van der Waals surface area contributed by atoms with E-state index in [4.69, 9.17) is 5.73 Å². The van der Waals surface area contributed by atoms with E-state index in [-0.39, 0.29) is 11.5 Å². The number of nitrogens with two attached hydrogens (primary N) is 1. The summed E-state index contributed by atoms with van der Waals surface area (Å²) in [5, 5.41) is 0. The monoisotopic (exact) mass is 201 g/mol. The Morgan fingerprint density at radius 2 is 2.00 bits per heavy atom. The molecule has 0 saturated heterocycles. The normalized spacial score (nSPS) is 12.2. The van der Waals surface area contributed by atoms with Gasteiger partial charge in [0.15, 0.2) is 5.69 Å². The smallest absolute Gasteiger partial charge is 0.385 e. The van der Waals surface area contributed by atoms with Crippen molar-refractivity contribution in [2.45, 2.75) is 6.18 Å². The second-order valence-electron chi connectivity index (χ2n) is 2.80. The van der Waals surface area contributed by atoms with Crippen molar-refractivity contribution in [3.8, 4) is 0 Å². The van der Waals surface area contributed by atoms with Crippen molar-refractivity contribution in [1.29, 1.82) is 0 Å². The van der Waals surface area contributed by atoms with Crippen LogP contribution in [0, 0.1) is 0 Å². The lowest BCUT2D eigenvalue weighted by Crippen LogP contribution is -2.04. The van der Waals surface area contributed by atoms with Crippen molar-refractivity contribution in [2.24, 2.45) is 0 Å². The molecule has 0 amide bonds. The van der Waals surface area contributed by atoms with E-state index in [1.54, 1.807) is 6.07 Å². The van der Waals surface area contributed by atoms with E-state index in [1.165, 1.54) is 16.5 Å². The first-order valence-corrected chi connectivity index (χ1v) is 3.79. The molecule has 2 N–H and O–H groups in total. The highest BCUT2D eigenvalue weighted by Gasteiger charge is 2.33. The van der Waals surface area contributed by atoms with Crippen LogP contribution in [0.15, 0.2) is 24.4 Å². The second kappa shape index (κ2) is 2.63. The van der Waals surface area contributed by atoms with Crippen molar-refractivity contribution in [3.63, 3.8) is 0 Å². The lowest BCUT2D eigenvalue weighted by atomic mass is 10.4. The molecule has 0 aliphatic rings. The highest BCUT2D eigenvalue weighted by molar-refractivity contribution is 5.48. The van der Waals surface area contributed by atoms with Crippen molar-refractivity contribution in [2.75, 3.05) is 5.73 Å². The summed E-state index contributed by atoms with van der Waals surface area (Å²) in [7, 11) is 0. The first kappa shape index (κ1) is 8.86. The molecule has 2 aromatic heterocycles. The van der Waals surface area contributed by atoms with Gasteiger partial charge in [-0.05, 0) is 12.1 Å². The van der Waals surface area contributed by atoms with Crippen LogP contribution in [0.25, 0.3) is 5.65 Å². The fourth-order valence-corrected chi connectivity index (χ4v) is 1.17.